The van der Waals surface area contributed by atoms with E-state index in [1.54, 1.807) is 55.4 Å². The lowest BCUT2D eigenvalue weighted by atomic mass is 10.2. The van der Waals surface area contributed by atoms with Crippen molar-refractivity contribution in [2.24, 2.45) is 0 Å². The summed E-state index contributed by atoms with van der Waals surface area (Å²) in [5, 5.41) is 0.616. The molecule has 0 aromatic heterocycles. The molecule has 5 nitrogen and oxygen atoms in total. The summed E-state index contributed by atoms with van der Waals surface area (Å²) in [7, 11) is 3.42. The molecule has 120 valence electrons. The Balaban J connectivity index is 2.04. The van der Waals surface area contributed by atoms with E-state index in [2.05, 4.69) is 0 Å². The summed E-state index contributed by atoms with van der Waals surface area (Å²) >= 11 is 5.95. The van der Waals surface area contributed by atoms with Gasteiger partial charge in [0.2, 0.25) is 6.29 Å². The number of halogens is 1. The number of carbonyl (C=O) groups excluding carboxylic acids is 1. The lowest BCUT2D eigenvalue weighted by Crippen LogP contribution is -2.35. The second-order valence-corrected chi connectivity index (χ2v) is 5.86. The molecule has 0 bridgehead atoms. The number of nitrogens with zero attached hydrogens (tertiary/aromatic N) is 2. The van der Waals surface area contributed by atoms with E-state index in [0.717, 1.165) is 5.69 Å². The summed E-state index contributed by atoms with van der Waals surface area (Å²) in [6.07, 6.45) is -0.325. The van der Waals surface area contributed by atoms with Crippen LogP contribution in [0.15, 0.2) is 42.5 Å². The number of hydrogen-bond donors (Lipinski definition) is 0. The summed E-state index contributed by atoms with van der Waals surface area (Å²) in [6.45, 7) is 1.82. The summed E-state index contributed by atoms with van der Waals surface area (Å²) in [6, 6.07) is 12.4. The van der Waals surface area contributed by atoms with E-state index in [4.69, 9.17) is 21.1 Å². The smallest absolute Gasteiger partial charge is 0.328 e. The number of carbonyl (C=O) groups is 1. The topological polar surface area (TPSA) is 42.0 Å². The highest BCUT2D eigenvalue weighted by atomic mass is 35.5. The Bertz CT molecular complexity index is 731. The number of hydrogen-bond acceptors (Lipinski definition) is 3. The quantitative estimate of drug-likeness (QED) is 0.824. The van der Waals surface area contributed by atoms with Crippen LogP contribution in [0, 0.1) is 0 Å². The van der Waals surface area contributed by atoms with Gasteiger partial charge in [-0.25, -0.2) is 4.79 Å². The van der Waals surface area contributed by atoms with Gasteiger partial charge in [0.1, 0.15) is 0 Å². The summed E-state index contributed by atoms with van der Waals surface area (Å²) < 4.78 is 11.1. The van der Waals surface area contributed by atoms with Crippen molar-refractivity contribution >= 4 is 29.0 Å². The molecule has 0 radical (unpaired) electrons. The first-order valence-corrected chi connectivity index (χ1v) is 7.58. The fourth-order valence-corrected chi connectivity index (χ4v) is 2.49. The molecule has 1 unspecified atom stereocenters. The van der Waals surface area contributed by atoms with Gasteiger partial charge in [0.25, 0.3) is 0 Å². The highest BCUT2D eigenvalue weighted by Crippen LogP contribution is 2.39. The third-order valence-corrected chi connectivity index (χ3v) is 3.68. The molecule has 1 aliphatic rings. The minimum atomic E-state index is -0.325. The van der Waals surface area contributed by atoms with E-state index in [-0.39, 0.29) is 12.3 Å². The highest BCUT2D eigenvalue weighted by Gasteiger charge is 2.25. The zero-order valence-electron chi connectivity index (χ0n) is 13.1. The van der Waals surface area contributed by atoms with Crippen LogP contribution in [0.4, 0.5) is 16.2 Å². The van der Waals surface area contributed by atoms with Crippen LogP contribution in [0.25, 0.3) is 0 Å². The lowest BCUT2D eigenvalue weighted by molar-refractivity contribution is 0.0679. The molecule has 23 heavy (non-hydrogen) atoms. The number of rotatable bonds is 2. The Kier molecular flexibility index (Phi) is 4.05. The van der Waals surface area contributed by atoms with Crippen LogP contribution in [0.1, 0.15) is 6.92 Å². The Morgan fingerprint density at radius 3 is 2.26 bits per heavy atom. The number of amides is 2. The highest BCUT2D eigenvalue weighted by molar-refractivity contribution is 6.30. The minimum Gasteiger partial charge on any atom is -0.451 e. The molecule has 1 atom stereocenters. The third kappa shape index (κ3) is 3.05. The molecule has 0 saturated carbocycles. The maximum absolute atomic E-state index is 12.6. The number of urea groups is 1. The minimum absolute atomic E-state index is 0.167. The van der Waals surface area contributed by atoms with Crippen LogP contribution in [0.5, 0.6) is 11.5 Å². The van der Waals surface area contributed by atoms with Crippen LogP contribution < -0.4 is 14.4 Å². The van der Waals surface area contributed by atoms with E-state index < -0.39 is 0 Å². The zero-order valence-corrected chi connectivity index (χ0v) is 13.9. The van der Waals surface area contributed by atoms with Crippen molar-refractivity contribution in [2.75, 3.05) is 19.0 Å². The predicted octanol–water partition coefficient (Wildman–Crippen LogP) is 4.28. The maximum atomic E-state index is 12.6. The monoisotopic (exact) mass is 332 g/mol. The zero-order chi connectivity index (χ0) is 16.6. The second kappa shape index (κ2) is 6.01. The standard InChI is InChI=1S/C17H17ClN2O3/c1-11-22-15-9-8-14(10-16(15)23-11)20(17(21)19(2)3)13-6-4-12(18)5-7-13/h4-11H,1-3H3. The van der Waals surface area contributed by atoms with Gasteiger partial charge in [-0.1, -0.05) is 11.6 Å². The molecular formula is C17H17ClN2O3. The number of fused-ring (bicyclic) bond motifs is 1. The molecule has 2 aromatic carbocycles. The van der Waals surface area contributed by atoms with Crippen molar-refractivity contribution in [3.63, 3.8) is 0 Å². The van der Waals surface area contributed by atoms with Crippen LogP contribution in [0.2, 0.25) is 5.02 Å². The Morgan fingerprint density at radius 2 is 1.61 bits per heavy atom. The molecule has 0 aliphatic carbocycles. The third-order valence-electron chi connectivity index (χ3n) is 3.43. The lowest BCUT2D eigenvalue weighted by Gasteiger charge is -2.26. The van der Waals surface area contributed by atoms with Crippen molar-refractivity contribution < 1.29 is 14.3 Å². The van der Waals surface area contributed by atoms with Gasteiger partial charge in [-0.2, -0.15) is 0 Å². The first-order valence-electron chi connectivity index (χ1n) is 7.20. The Labute approximate surface area is 140 Å². The van der Waals surface area contributed by atoms with Gasteiger partial charge >= 0.3 is 6.03 Å². The van der Waals surface area contributed by atoms with Gasteiger partial charge in [-0.3, -0.25) is 4.90 Å². The Morgan fingerprint density at radius 1 is 1.00 bits per heavy atom. The molecule has 0 fully saturated rings. The molecule has 3 rings (SSSR count). The molecule has 0 N–H and O–H groups in total. The van der Waals surface area contributed by atoms with E-state index in [0.29, 0.717) is 22.2 Å². The molecular weight excluding hydrogens is 316 g/mol. The summed E-state index contributed by atoms with van der Waals surface area (Å²) in [5.41, 5.74) is 1.42. The number of benzene rings is 2. The van der Waals surface area contributed by atoms with E-state index in [9.17, 15) is 4.79 Å². The van der Waals surface area contributed by atoms with E-state index in [1.165, 1.54) is 4.90 Å². The second-order valence-electron chi connectivity index (χ2n) is 5.42. The molecule has 0 saturated heterocycles. The molecule has 1 aliphatic heterocycles. The van der Waals surface area contributed by atoms with Crippen molar-refractivity contribution in [1.29, 1.82) is 0 Å². The average molecular weight is 333 g/mol. The molecule has 2 amide bonds. The summed E-state index contributed by atoms with van der Waals surface area (Å²) in [5.74, 6) is 1.30. The normalized spacial score (nSPS) is 15.4. The first-order chi connectivity index (χ1) is 11.0. The van der Waals surface area contributed by atoms with Gasteiger partial charge in [-0.15, -0.1) is 0 Å². The number of ether oxygens (including phenoxy) is 2. The van der Waals surface area contributed by atoms with Crippen molar-refractivity contribution in [3.05, 3.63) is 47.5 Å². The molecule has 2 aromatic rings. The van der Waals surface area contributed by atoms with Crippen LogP contribution in [-0.4, -0.2) is 31.3 Å². The van der Waals surface area contributed by atoms with Crippen molar-refractivity contribution in [3.8, 4) is 11.5 Å². The van der Waals surface area contributed by atoms with Gasteiger partial charge in [-0.05, 0) is 36.4 Å². The van der Waals surface area contributed by atoms with Gasteiger partial charge in [0.05, 0.1) is 11.4 Å². The maximum Gasteiger partial charge on any atom is 0.328 e. The van der Waals surface area contributed by atoms with E-state index in [1.807, 2.05) is 13.0 Å². The molecule has 6 heteroatoms. The van der Waals surface area contributed by atoms with Gasteiger partial charge in [0, 0.05) is 32.1 Å². The molecule has 0 spiro atoms. The van der Waals surface area contributed by atoms with Crippen molar-refractivity contribution in [1.82, 2.24) is 4.90 Å². The van der Waals surface area contributed by atoms with Gasteiger partial charge in [0.15, 0.2) is 11.5 Å². The van der Waals surface area contributed by atoms with Crippen molar-refractivity contribution in [2.45, 2.75) is 13.2 Å². The van der Waals surface area contributed by atoms with Crippen LogP contribution in [0.3, 0.4) is 0 Å². The summed E-state index contributed by atoms with van der Waals surface area (Å²) in [4.78, 5) is 15.8. The largest absolute Gasteiger partial charge is 0.451 e. The predicted molar refractivity (Wildman–Crippen MR) is 89.8 cm³/mol. The van der Waals surface area contributed by atoms with Crippen LogP contribution >= 0.6 is 11.6 Å². The van der Waals surface area contributed by atoms with Crippen LogP contribution in [-0.2, 0) is 0 Å². The SMILES string of the molecule is CC1Oc2ccc(N(C(=O)N(C)C)c3ccc(Cl)cc3)cc2O1. The Hall–Kier alpha value is -2.40. The van der Waals surface area contributed by atoms with Gasteiger partial charge < -0.3 is 14.4 Å². The fraction of sp³-hybridized carbons (Fsp3) is 0.235. The fourth-order valence-electron chi connectivity index (χ4n) is 2.37. The first kappa shape index (κ1) is 15.5. The van der Waals surface area contributed by atoms with E-state index >= 15 is 0 Å². The average Bonchev–Trinajstić information content (AvgIpc) is 2.88. The number of anilines is 2. The molecule has 1 heterocycles.